The van der Waals surface area contributed by atoms with Gasteiger partial charge >= 0.3 is 0 Å². The SMILES string of the molecule is CC(C)(CC1CNC1)N1CCC2(CC1)CNC2. The summed E-state index contributed by atoms with van der Waals surface area (Å²) in [5, 5.41) is 6.84. The molecule has 0 saturated carbocycles. The van der Waals surface area contributed by atoms with Crippen molar-refractivity contribution in [3.63, 3.8) is 0 Å². The molecule has 3 heteroatoms. The van der Waals surface area contributed by atoms with E-state index in [1.807, 2.05) is 0 Å². The van der Waals surface area contributed by atoms with Gasteiger partial charge in [0.2, 0.25) is 0 Å². The van der Waals surface area contributed by atoms with Crippen LogP contribution in [0.1, 0.15) is 33.1 Å². The smallest absolute Gasteiger partial charge is 0.0156 e. The summed E-state index contributed by atoms with van der Waals surface area (Å²) in [7, 11) is 0. The second kappa shape index (κ2) is 4.22. The molecule has 0 radical (unpaired) electrons. The molecule has 3 fully saturated rings. The van der Waals surface area contributed by atoms with Crippen molar-refractivity contribution in [2.45, 2.75) is 38.6 Å². The van der Waals surface area contributed by atoms with Gasteiger partial charge in [-0.25, -0.2) is 0 Å². The maximum atomic E-state index is 3.45. The molecule has 0 unspecified atom stereocenters. The van der Waals surface area contributed by atoms with Crippen LogP contribution in [0.5, 0.6) is 0 Å². The van der Waals surface area contributed by atoms with Gasteiger partial charge in [0.15, 0.2) is 0 Å². The molecule has 3 heterocycles. The van der Waals surface area contributed by atoms with Crippen LogP contribution in [0.15, 0.2) is 0 Å². The molecule has 0 aromatic rings. The lowest BCUT2D eigenvalue weighted by molar-refractivity contribution is -0.00457. The van der Waals surface area contributed by atoms with E-state index in [-0.39, 0.29) is 0 Å². The van der Waals surface area contributed by atoms with E-state index in [0.717, 1.165) is 5.92 Å². The molecule has 0 aliphatic carbocycles. The van der Waals surface area contributed by atoms with Crippen LogP contribution in [0.25, 0.3) is 0 Å². The molecular weight excluding hydrogens is 210 g/mol. The van der Waals surface area contributed by atoms with E-state index in [2.05, 4.69) is 29.4 Å². The maximum absolute atomic E-state index is 3.45. The molecule has 3 aliphatic rings. The average Bonchev–Trinajstić information content (AvgIpc) is 2.22. The van der Waals surface area contributed by atoms with Gasteiger partial charge < -0.3 is 10.6 Å². The summed E-state index contributed by atoms with van der Waals surface area (Å²) in [6.07, 6.45) is 4.18. The molecule has 1 spiro atoms. The molecule has 3 saturated heterocycles. The first-order valence-corrected chi connectivity index (χ1v) is 7.26. The molecule has 17 heavy (non-hydrogen) atoms. The predicted molar refractivity (Wildman–Crippen MR) is 71.2 cm³/mol. The van der Waals surface area contributed by atoms with Crippen LogP contribution in [0.3, 0.4) is 0 Å². The molecule has 98 valence electrons. The first kappa shape index (κ1) is 11.9. The molecule has 0 bridgehead atoms. The van der Waals surface area contributed by atoms with E-state index in [4.69, 9.17) is 0 Å². The lowest BCUT2D eigenvalue weighted by Gasteiger charge is -2.52. The topological polar surface area (TPSA) is 27.3 Å². The van der Waals surface area contributed by atoms with E-state index >= 15 is 0 Å². The summed E-state index contributed by atoms with van der Waals surface area (Å²) >= 11 is 0. The second-order valence-electron chi connectivity index (χ2n) is 7.13. The van der Waals surface area contributed by atoms with E-state index in [1.54, 1.807) is 0 Å². The summed E-state index contributed by atoms with van der Waals surface area (Å²) < 4.78 is 0. The Kier molecular flexibility index (Phi) is 2.96. The molecule has 0 atom stereocenters. The van der Waals surface area contributed by atoms with Gasteiger partial charge in [0.1, 0.15) is 0 Å². The van der Waals surface area contributed by atoms with Crippen LogP contribution in [-0.2, 0) is 0 Å². The van der Waals surface area contributed by atoms with Gasteiger partial charge in [0.05, 0.1) is 0 Å². The highest BCUT2D eigenvalue weighted by Gasteiger charge is 2.42. The summed E-state index contributed by atoms with van der Waals surface area (Å²) in [6.45, 7) is 12.5. The third-order valence-electron chi connectivity index (χ3n) is 5.33. The molecule has 3 aliphatic heterocycles. The number of likely N-dealkylation sites (tertiary alicyclic amines) is 1. The number of rotatable bonds is 3. The second-order valence-corrected chi connectivity index (χ2v) is 7.13. The fourth-order valence-corrected chi connectivity index (χ4v) is 3.75. The van der Waals surface area contributed by atoms with Gasteiger partial charge in [-0.2, -0.15) is 0 Å². The van der Waals surface area contributed by atoms with Crippen molar-refractivity contribution in [1.82, 2.24) is 15.5 Å². The quantitative estimate of drug-likeness (QED) is 0.768. The highest BCUT2D eigenvalue weighted by Crippen LogP contribution is 2.38. The minimum Gasteiger partial charge on any atom is -0.316 e. The summed E-state index contributed by atoms with van der Waals surface area (Å²) in [6, 6.07) is 0. The Morgan fingerprint density at radius 1 is 1.12 bits per heavy atom. The number of nitrogens with zero attached hydrogens (tertiary/aromatic N) is 1. The van der Waals surface area contributed by atoms with Crippen LogP contribution in [0.4, 0.5) is 0 Å². The minimum atomic E-state index is 0.408. The molecule has 0 aromatic carbocycles. The lowest BCUT2D eigenvalue weighted by Crippen LogP contribution is -2.61. The first-order chi connectivity index (χ1) is 8.10. The van der Waals surface area contributed by atoms with Crippen molar-refractivity contribution in [2.24, 2.45) is 11.3 Å². The van der Waals surface area contributed by atoms with Crippen LogP contribution in [0.2, 0.25) is 0 Å². The van der Waals surface area contributed by atoms with Crippen LogP contribution in [0, 0.1) is 11.3 Å². The average molecular weight is 237 g/mol. The number of hydrogen-bond acceptors (Lipinski definition) is 3. The van der Waals surface area contributed by atoms with Crippen LogP contribution >= 0.6 is 0 Å². The normalized spacial score (nSPS) is 30.0. The van der Waals surface area contributed by atoms with Gasteiger partial charge in [0, 0.05) is 18.6 Å². The number of nitrogens with one attached hydrogen (secondary N) is 2. The molecule has 0 amide bonds. The summed E-state index contributed by atoms with van der Waals surface area (Å²) in [4.78, 5) is 2.74. The zero-order valence-corrected chi connectivity index (χ0v) is 11.4. The monoisotopic (exact) mass is 237 g/mol. The third kappa shape index (κ3) is 2.25. The highest BCUT2D eigenvalue weighted by atomic mass is 15.2. The zero-order chi connectivity index (χ0) is 11.9. The molecule has 3 rings (SSSR count). The Morgan fingerprint density at radius 3 is 2.18 bits per heavy atom. The van der Waals surface area contributed by atoms with Gasteiger partial charge in [0.25, 0.3) is 0 Å². The molecule has 3 nitrogen and oxygen atoms in total. The maximum Gasteiger partial charge on any atom is 0.0156 e. The van der Waals surface area contributed by atoms with Gasteiger partial charge in [-0.1, -0.05) is 0 Å². The van der Waals surface area contributed by atoms with Crippen molar-refractivity contribution in [3.8, 4) is 0 Å². The van der Waals surface area contributed by atoms with Crippen molar-refractivity contribution in [2.75, 3.05) is 39.3 Å². The van der Waals surface area contributed by atoms with E-state index < -0.39 is 0 Å². The molecular formula is C14H27N3. The van der Waals surface area contributed by atoms with Gasteiger partial charge in [-0.15, -0.1) is 0 Å². The Labute approximate surface area is 105 Å². The van der Waals surface area contributed by atoms with E-state index in [1.165, 1.54) is 58.5 Å². The Morgan fingerprint density at radius 2 is 1.76 bits per heavy atom. The lowest BCUT2D eigenvalue weighted by atomic mass is 9.72. The van der Waals surface area contributed by atoms with E-state index in [9.17, 15) is 0 Å². The Balaban J connectivity index is 1.53. The van der Waals surface area contributed by atoms with Crippen LogP contribution < -0.4 is 10.6 Å². The van der Waals surface area contributed by atoms with Gasteiger partial charge in [-0.05, 0) is 70.6 Å². The largest absolute Gasteiger partial charge is 0.316 e. The zero-order valence-electron chi connectivity index (χ0n) is 11.4. The fraction of sp³-hybridized carbons (Fsp3) is 1.00. The molecule has 2 N–H and O–H groups in total. The minimum absolute atomic E-state index is 0.408. The third-order valence-corrected chi connectivity index (χ3v) is 5.33. The van der Waals surface area contributed by atoms with Crippen molar-refractivity contribution < 1.29 is 0 Å². The highest BCUT2D eigenvalue weighted by molar-refractivity contribution is 4.99. The van der Waals surface area contributed by atoms with Crippen molar-refractivity contribution in [3.05, 3.63) is 0 Å². The first-order valence-electron chi connectivity index (χ1n) is 7.26. The van der Waals surface area contributed by atoms with Crippen molar-refractivity contribution in [1.29, 1.82) is 0 Å². The van der Waals surface area contributed by atoms with Crippen molar-refractivity contribution >= 4 is 0 Å². The summed E-state index contributed by atoms with van der Waals surface area (Å²) in [5.41, 5.74) is 1.09. The summed E-state index contributed by atoms with van der Waals surface area (Å²) in [5.74, 6) is 0.922. The fourth-order valence-electron chi connectivity index (χ4n) is 3.75. The van der Waals surface area contributed by atoms with Gasteiger partial charge in [-0.3, -0.25) is 4.90 Å². The van der Waals surface area contributed by atoms with Crippen LogP contribution in [-0.4, -0.2) is 49.7 Å². The Hall–Kier alpha value is -0.120. The molecule has 0 aromatic heterocycles. The number of hydrogen-bond donors (Lipinski definition) is 2. The Bertz CT molecular complexity index is 269. The van der Waals surface area contributed by atoms with E-state index in [0.29, 0.717) is 11.0 Å². The standard InChI is InChI=1S/C14H27N3/c1-13(2,7-12-8-15-9-12)17-5-3-14(4-6-17)10-16-11-14/h12,15-16H,3-11H2,1-2H3. The number of piperidine rings is 1. The predicted octanol–water partition coefficient (Wildman–Crippen LogP) is 1.06.